The quantitative estimate of drug-likeness (QED) is 0.396. The van der Waals surface area contributed by atoms with E-state index in [4.69, 9.17) is 4.74 Å². The molecule has 3 aromatic rings. The van der Waals surface area contributed by atoms with Gasteiger partial charge in [0.1, 0.15) is 11.5 Å². The molecular weight excluding hydrogens is 350 g/mol. The van der Waals surface area contributed by atoms with Gasteiger partial charge in [0, 0.05) is 23.1 Å². The molecule has 0 aromatic heterocycles. The van der Waals surface area contributed by atoms with E-state index in [0.29, 0.717) is 5.75 Å². The minimum absolute atomic E-state index is 0.111. The third-order valence-corrected chi connectivity index (χ3v) is 3.72. The van der Waals surface area contributed by atoms with Gasteiger partial charge in [0.25, 0.3) is 11.6 Å². The zero-order valence-electron chi connectivity index (χ0n) is 14.0. The topological polar surface area (TPSA) is 114 Å². The number of nitro benzene ring substituents is 1. The van der Waals surface area contributed by atoms with E-state index >= 15 is 0 Å². The number of benzene rings is 3. The highest BCUT2D eigenvalue weighted by Gasteiger charge is 2.09. The van der Waals surface area contributed by atoms with Crippen molar-refractivity contribution >= 4 is 28.6 Å². The molecule has 0 aliphatic carbocycles. The molecule has 0 fully saturated rings. The summed E-state index contributed by atoms with van der Waals surface area (Å²) in [6, 6.07) is 16.7. The monoisotopic (exact) mass is 365 g/mol. The average molecular weight is 365 g/mol. The van der Waals surface area contributed by atoms with E-state index in [-0.39, 0.29) is 23.6 Å². The lowest BCUT2D eigenvalue weighted by molar-refractivity contribution is -0.384. The fourth-order valence-corrected chi connectivity index (χ4v) is 2.43. The van der Waals surface area contributed by atoms with Gasteiger partial charge in [-0.15, -0.1) is 0 Å². The second-order valence-electron chi connectivity index (χ2n) is 5.56. The minimum atomic E-state index is -0.590. The van der Waals surface area contributed by atoms with Crippen LogP contribution in [0.1, 0.15) is 5.56 Å². The summed E-state index contributed by atoms with van der Waals surface area (Å²) in [5.74, 6) is -0.127. The Morgan fingerprint density at radius 2 is 1.96 bits per heavy atom. The molecule has 27 heavy (non-hydrogen) atoms. The van der Waals surface area contributed by atoms with Crippen molar-refractivity contribution in [3.05, 3.63) is 76.3 Å². The van der Waals surface area contributed by atoms with Gasteiger partial charge in [-0.05, 0) is 17.5 Å². The molecule has 0 saturated heterocycles. The number of non-ortho nitro benzene ring substituents is 1. The van der Waals surface area contributed by atoms with Crippen LogP contribution in [0.15, 0.2) is 65.8 Å². The van der Waals surface area contributed by atoms with Crippen LogP contribution in [0.4, 0.5) is 5.69 Å². The first-order valence-corrected chi connectivity index (χ1v) is 7.94. The minimum Gasteiger partial charge on any atom is -0.507 e. The van der Waals surface area contributed by atoms with Gasteiger partial charge in [0.05, 0.1) is 11.1 Å². The summed E-state index contributed by atoms with van der Waals surface area (Å²) in [6.45, 7) is -0.258. The normalized spacial score (nSPS) is 10.8. The van der Waals surface area contributed by atoms with Gasteiger partial charge in [-0.3, -0.25) is 14.9 Å². The highest BCUT2D eigenvalue weighted by molar-refractivity contribution is 5.89. The number of ether oxygens (including phenoxy) is 1. The number of rotatable bonds is 6. The van der Waals surface area contributed by atoms with Gasteiger partial charge in [-0.2, -0.15) is 5.10 Å². The van der Waals surface area contributed by atoms with Crippen molar-refractivity contribution in [1.29, 1.82) is 0 Å². The van der Waals surface area contributed by atoms with E-state index in [1.807, 2.05) is 36.4 Å². The molecule has 8 nitrogen and oxygen atoms in total. The lowest BCUT2D eigenvalue weighted by Gasteiger charge is -2.08. The smallest absolute Gasteiger partial charge is 0.277 e. The molecule has 2 N–H and O–H groups in total. The Kier molecular flexibility index (Phi) is 5.27. The summed E-state index contributed by atoms with van der Waals surface area (Å²) in [6.07, 6.45) is 1.12. The third-order valence-electron chi connectivity index (χ3n) is 3.72. The fraction of sp³-hybridized carbons (Fsp3) is 0.0526. The van der Waals surface area contributed by atoms with E-state index in [2.05, 4.69) is 10.5 Å². The number of fused-ring (bicyclic) bond motifs is 1. The molecule has 136 valence electrons. The third kappa shape index (κ3) is 4.37. The van der Waals surface area contributed by atoms with Crippen molar-refractivity contribution in [2.45, 2.75) is 0 Å². The predicted molar refractivity (Wildman–Crippen MR) is 99.9 cm³/mol. The van der Waals surface area contributed by atoms with Gasteiger partial charge in [0.15, 0.2) is 6.61 Å². The van der Waals surface area contributed by atoms with Crippen molar-refractivity contribution < 1.29 is 19.6 Å². The molecule has 0 saturated carbocycles. The van der Waals surface area contributed by atoms with E-state index in [9.17, 15) is 20.0 Å². The van der Waals surface area contributed by atoms with E-state index in [0.717, 1.165) is 23.1 Å². The molecule has 0 atom stereocenters. The molecule has 8 heteroatoms. The van der Waals surface area contributed by atoms with E-state index in [1.54, 1.807) is 6.07 Å². The number of aromatic hydroxyl groups is 1. The molecule has 0 unspecified atom stereocenters. The van der Waals surface area contributed by atoms with Crippen LogP contribution in [-0.4, -0.2) is 28.8 Å². The predicted octanol–water partition coefficient (Wildman–Crippen LogP) is 2.98. The average Bonchev–Trinajstić information content (AvgIpc) is 2.67. The highest BCUT2D eigenvalue weighted by Crippen LogP contribution is 2.25. The Balaban J connectivity index is 1.61. The van der Waals surface area contributed by atoms with Gasteiger partial charge >= 0.3 is 0 Å². The van der Waals surface area contributed by atoms with Crippen LogP contribution in [0.5, 0.6) is 11.5 Å². The van der Waals surface area contributed by atoms with Crippen molar-refractivity contribution in [1.82, 2.24) is 5.43 Å². The number of nitrogens with one attached hydrogen (secondary N) is 1. The van der Waals surface area contributed by atoms with Crippen LogP contribution in [0, 0.1) is 10.1 Å². The SMILES string of the molecule is O=C(COc1cccc2ccccc12)N/N=C\c1cc([N+](=O)[O-])ccc1O. The molecule has 0 aliphatic heterocycles. The zero-order chi connectivity index (χ0) is 19.2. The zero-order valence-corrected chi connectivity index (χ0v) is 14.0. The molecule has 0 aliphatic rings. The van der Waals surface area contributed by atoms with Crippen molar-refractivity contribution in [3.63, 3.8) is 0 Å². The second-order valence-corrected chi connectivity index (χ2v) is 5.56. The maximum atomic E-state index is 11.9. The standard InChI is InChI=1S/C19H15N3O5/c23-17-9-8-15(22(25)26)10-14(17)11-20-21-19(24)12-27-18-7-3-5-13-4-1-2-6-16(13)18/h1-11,23H,12H2,(H,21,24)/b20-11-. The number of phenolic OH excluding ortho intramolecular Hbond substituents is 1. The van der Waals surface area contributed by atoms with Crippen LogP contribution in [-0.2, 0) is 4.79 Å². The number of nitro groups is 1. The highest BCUT2D eigenvalue weighted by atomic mass is 16.6. The lowest BCUT2D eigenvalue weighted by Crippen LogP contribution is -2.24. The maximum absolute atomic E-state index is 11.9. The molecule has 3 aromatic carbocycles. The first-order chi connectivity index (χ1) is 13.0. The largest absolute Gasteiger partial charge is 0.507 e. The lowest BCUT2D eigenvalue weighted by atomic mass is 10.1. The summed E-state index contributed by atoms with van der Waals surface area (Å²) in [7, 11) is 0. The summed E-state index contributed by atoms with van der Waals surface area (Å²) >= 11 is 0. The Morgan fingerprint density at radius 1 is 1.19 bits per heavy atom. The first-order valence-electron chi connectivity index (χ1n) is 7.94. The number of carbonyl (C=O) groups is 1. The summed E-state index contributed by atoms with van der Waals surface area (Å²) in [5.41, 5.74) is 2.17. The number of carbonyl (C=O) groups excluding carboxylic acids is 1. The summed E-state index contributed by atoms with van der Waals surface area (Å²) in [5, 5.41) is 26.0. The van der Waals surface area contributed by atoms with Gasteiger partial charge in [-0.1, -0.05) is 36.4 Å². The van der Waals surface area contributed by atoms with Crippen molar-refractivity contribution in [2.75, 3.05) is 6.61 Å². The number of nitrogens with zero attached hydrogens (tertiary/aromatic N) is 2. The number of hydrogen-bond donors (Lipinski definition) is 2. The van der Waals surface area contributed by atoms with Crippen molar-refractivity contribution in [3.8, 4) is 11.5 Å². The summed E-state index contributed by atoms with van der Waals surface area (Å²) in [4.78, 5) is 22.0. The number of amides is 1. The molecule has 0 bridgehead atoms. The number of hydrogen-bond acceptors (Lipinski definition) is 6. The number of hydrazone groups is 1. The molecule has 0 heterocycles. The van der Waals surface area contributed by atoms with Crippen molar-refractivity contribution in [2.24, 2.45) is 5.10 Å². The van der Waals surface area contributed by atoms with Gasteiger partial charge in [0.2, 0.25) is 0 Å². The van der Waals surface area contributed by atoms with Gasteiger partial charge < -0.3 is 9.84 Å². The Hall–Kier alpha value is -3.94. The number of phenols is 1. The van der Waals surface area contributed by atoms with E-state index < -0.39 is 10.8 Å². The first kappa shape index (κ1) is 17.9. The van der Waals surface area contributed by atoms with E-state index in [1.165, 1.54) is 12.1 Å². The van der Waals surface area contributed by atoms with Crippen LogP contribution in [0.2, 0.25) is 0 Å². The maximum Gasteiger partial charge on any atom is 0.277 e. The van der Waals surface area contributed by atoms with Crippen LogP contribution in [0.3, 0.4) is 0 Å². The molecule has 1 amide bonds. The molecular formula is C19H15N3O5. The van der Waals surface area contributed by atoms with Crippen LogP contribution >= 0.6 is 0 Å². The molecule has 0 radical (unpaired) electrons. The molecule has 0 spiro atoms. The second kappa shape index (κ2) is 7.96. The Morgan fingerprint density at radius 3 is 2.78 bits per heavy atom. The fourth-order valence-electron chi connectivity index (χ4n) is 2.43. The van der Waals surface area contributed by atoms with Gasteiger partial charge in [-0.25, -0.2) is 5.43 Å². The molecule has 3 rings (SSSR count). The Labute approximate surface area is 153 Å². The van der Waals surface area contributed by atoms with Crippen LogP contribution in [0.25, 0.3) is 10.8 Å². The van der Waals surface area contributed by atoms with Crippen LogP contribution < -0.4 is 10.2 Å². The summed E-state index contributed by atoms with van der Waals surface area (Å²) < 4.78 is 5.53. The Bertz CT molecular complexity index is 1030.